The molecule has 5 nitrogen and oxygen atoms in total. The van der Waals surface area contributed by atoms with Gasteiger partial charge in [0.15, 0.2) is 0 Å². The minimum absolute atomic E-state index is 0.0737. The van der Waals surface area contributed by atoms with Crippen LogP contribution in [0.4, 0.5) is 8.78 Å². The highest BCUT2D eigenvalue weighted by Gasteiger charge is 2.25. The van der Waals surface area contributed by atoms with Gasteiger partial charge in [-0.2, -0.15) is 8.78 Å². The van der Waals surface area contributed by atoms with Crippen molar-refractivity contribution in [3.63, 3.8) is 0 Å². The lowest BCUT2D eigenvalue weighted by atomic mass is 10.1. The van der Waals surface area contributed by atoms with Crippen LogP contribution >= 0.6 is 0 Å². The van der Waals surface area contributed by atoms with E-state index in [0.717, 1.165) is 26.1 Å². The molecule has 2 rings (SSSR count). The fraction of sp³-hybridized carbons (Fsp3) is 0.588. The normalized spacial score (nSPS) is 19.1. The number of carbonyl (C=O) groups is 1. The van der Waals surface area contributed by atoms with E-state index in [1.807, 2.05) is 16.8 Å². The van der Waals surface area contributed by atoms with Crippen LogP contribution in [0.15, 0.2) is 24.3 Å². The number of hydrogen-bond acceptors (Lipinski definition) is 4. The number of halogens is 2. The van der Waals surface area contributed by atoms with Crippen LogP contribution in [-0.2, 0) is 4.79 Å². The quantitative estimate of drug-likeness (QED) is 0.825. The minimum Gasteiger partial charge on any atom is -0.435 e. The first-order valence-corrected chi connectivity index (χ1v) is 8.02. The van der Waals surface area contributed by atoms with Gasteiger partial charge in [0.2, 0.25) is 5.91 Å². The molecule has 0 spiro atoms. The van der Waals surface area contributed by atoms with Gasteiger partial charge in [0, 0.05) is 33.1 Å². The number of aliphatic hydroxyl groups excluding tert-OH is 1. The molecule has 0 saturated carbocycles. The van der Waals surface area contributed by atoms with Gasteiger partial charge in [-0.3, -0.25) is 4.79 Å². The van der Waals surface area contributed by atoms with E-state index in [4.69, 9.17) is 0 Å². The van der Waals surface area contributed by atoms with Crippen molar-refractivity contribution >= 4 is 5.91 Å². The Morgan fingerprint density at radius 1 is 1.42 bits per heavy atom. The Morgan fingerprint density at radius 2 is 2.08 bits per heavy atom. The van der Waals surface area contributed by atoms with Gasteiger partial charge >= 0.3 is 6.61 Å². The monoisotopic (exact) mass is 342 g/mol. The zero-order chi connectivity index (χ0) is 17.7. The molecule has 1 aromatic rings. The maximum Gasteiger partial charge on any atom is 0.387 e. The number of nitrogens with zero attached hydrogens (tertiary/aromatic N) is 2. The van der Waals surface area contributed by atoms with E-state index in [9.17, 15) is 18.7 Å². The number of hydrogen-bond donors (Lipinski definition) is 1. The fourth-order valence-electron chi connectivity index (χ4n) is 3.06. The standard InChI is InChI=1S/C17H24F2N2O3/c1-12(22)21-8-7-13(10-21)9-20(2)11-16(23)14-3-5-15(6-4-14)24-17(18)19/h3-6,13,16-17,23H,7-11H2,1-2H3. The van der Waals surface area contributed by atoms with Gasteiger partial charge in [0.25, 0.3) is 0 Å². The summed E-state index contributed by atoms with van der Waals surface area (Å²) in [5.41, 5.74) is 0.653. The average Bonchev–Trinajstić information content (AvgIpc) is 2.95. The summed E-state index contributed by atoms with van der Waals surface area (Å²) >= 11 is 0. The van der Waals surface area contributed by atoms with Gasteiger partial charge in [-0.1, -0.05) is 12.1 Å². The molecule has 2 unspecified atom stereocenters. The number of rotatable bonds is 7. The predicted molar refractivity (Wildman–Crippen MR) is 85.9 cm³/mol. The molecule has 2 atom stereocenters. The summed E-state index contributed by atoms with van der Waals surface area (Å²) in [4.78, 5) is 15.2. The molecule has 0 bridgehead atoms. The van der Waals surface area contributed by atoms with Crippen molar-refractivity contribution < 1.29 is 23.4 Å². The molecule has 0 radical (unpaired) electrons. The first-order valence-electron chi connectivity index (χ1n) is 8.02. The Bertz CT molecular complexity index is 539. The number of likely N-dealkylation sites (tertiary alicyclic amines) is 1. The van der Waals surface area contributed by atoms with Gasteiger partial charge in [0.05, 0.1) is 6.10 Å². The second kappa shape index (κ2) is 8.39. The molecule has 1 fully saturated rings. The topological polar surface area (TPSA) is 53.0 Å². The molecular formula is C17H24F2N2O3. The molecule has 1 saturated heterocycles. The highest BCUT2D eigenvalue weighted by Crippen LogP contribution is 2.21. The molecule has 0 aromatic heterocycles. The third-order valence-corrected chi connectivity index (χ3v) is 4.28. The molecule has 24 heavy (non-hydrogen) atoms. The lowest BCUT2D eigenvalue weighted by Crippen LogP contribution is -2.32. The van der Waals surface area contributed by atoms with Gasteiger partial charge in [-0.25, -0.2) is 0 Å². The Kier molecular flexibility index (Phi) is 6.51. The van der Waals surface area contributed by atoms with Gasteiger partial charge in [-0.15, -0.1) is 0 Å². The van der Waals surface area contributed by atoms with Crippen LogP contribution in [0, 0.1) is 5.92 Å². The number of aliphatic hydroxyl groups is 1. The minimum atomic E-state index is -2.85. The van der Waals surface area contributed by atoms with E-state index in [-0.39, 0.29) is 11.7 Å². The number of amides is 1. The SMILES string of the molecule is CC(=O)N1CCC(CN(C)CC(O)c2ccc(OC(F)F)cc2)C1. The third kappa shape index (κ3) is 5.42. The maximum absolute atomic E-state index is 12.1. The summed E-state index contributed by atoms with van der Waals surface area (Å²) < 4.78 is 28.5. The smallest absolute Gasteiger partial charge is 0.387 e. The lowest BCUT2D eigenvalue weighted by Gasteiger charge is -2.24. The van der Waals surface area contributed by atoms with Crippen molar-refractivity contribution in [1.29, 1.82) is 0 Å². The van der Waals surface area contributed by atoms with Crippen LogP contribution in [0.1, 0.15) is 25.0 Å². The van der Waals surface area contributed by atoms with E-state index in [2.05, 4.69) is 4.74 Å². The first kappa shape index (κ1) is 18.6. The summed E-state index contributed by atoms with van der Waals surface area (Å²) in [5.74, 6) is 0.587. The summed E-state index contributed by atoms with van der Waals surface area (Å²) in [7, 11) is 1.92. The molecule has 1 amide bonds. The van der Waals surface area contributed by atoms with E-state index in [1.54, 1.807) is 19.1 Å². The Morgan fingerprint density at radius 3 is 2.62 bits per heavy atom. The zero-order valence-corrected chi connectivity index (χ0v) is 14.0. The summed E-state index contributed by atoms with van der Waals surface area (Å²) in [6, 6.07) is 6.02. The van der Waals surface area contributed by atoms with E-state index >= 15 is 0 Å². The molecule has 134 valence electrons. The van der Waals surface area contributed by atoms with E-state index < -0.39 is 12.7 Å². The van der Waals surface area contributed by atoms with Crippen LogP contribution in [0.25, 0.3) is 0 Å². The van der Waals surface area contributed by atoms with E-state index in [0.29, 0.717) is 18.0 Å². The van der Waals surface area contributed by atoms with Gasteiger partial charge in [0.1, 0.15) is 5.75 Å². The molecule has 1 aromatic carbocycles. The van der Waals surface area contributed by atoms with Gasteiger partial charge < -0.3 is 19.6 Å². The molecular weight excluding hydrogens is 318 g/mol. The number of ether oxygens (including phenoxy) is 1. The fourth-order valence-corrected chi connectivity index (χ4v) is 3.06. The Hall–Kier alpha value is -1.73. The molecule has 0 aliphatic carbocycles. The van der Waals surface area contributed by atoms with Crippen molar-refractivity contribution in [3.05, 3.63) is 29.8 Å². The first-order chi connectivity index (χ1) is 11.3. The number of alkyl halides is 2. The van der Waals surface area contributed by atoms with Gasteiger partial charge in [-0.05, 0) is 37.1 Å². The van der Waals surface area contributed by atoms with Crippen molar-refractivity contribution in [3.8, 4) is 5.75 Å². The predicted octanol–water partition coefficient (Wildman–Crippen LogP) is 2.12. The van der Waals surface area contributed by atoms with Crippen LogP contribution in [0.5, 0.6) is 5.75 Å². The molecule has 1 aliphatic rings. The lowest BCUT2D eigenvalue weighted by molar-refractivity contribution is -0.127. The Labute approximate surface area is 140 Å². The summed E-state index contributed by atoms with van der Waals surface area (Å²) in [6.07, 6.45) is 0.264. The number of likely N-dealkylation sites (N-methyl/N-ethyl adjacent to an activating group) is 1. The second-order valence-corrected chi connectivity index (χ2v) is 6.30. The van der Waals surface area contributed by atoms with Crippen molar-refractivity contribution in [2.75, 3.05) is 33.2 Å². The molecule has 1 aliphatic heterocycles. The maximum atomic E-state index is 12.1. The second-order valence-electron chi connectivity index (χ2n) is 6.30. The van der Waals surface area contributed by atoms with Crippen molar-refractivity contribution in [2.24, 2.45) is 5.92 Å². The van der Waals surface area contributed by atoms with Crippen LogP contribution in [0.2, 0.25) is 0 Å². The van der Waals surface area contributed by atoms with Crippen molar-refractivity contribution in [2.45, 2.75) is 26.1 Å². The van der Waals surface area contributed by atoms with Crippen LogP contribution in [-0.4, -0.2) is 60.7 Å². The highest BCUT2D eigenvalue weighted by molar-refractivity contribution is 5.73. The summed E-state index contributed by atoms with van der Waals surface area (Å²) in [5, 5.41) is 10.3. The molecule has 1 heterocycles. The Balaban J connectivity index is 1.81. The average molecular weight is 342 g/mol. The number of carbonyl (C=O) groups excluding carboxylic acids is 1. The summed E-state index contributed by atoms with van der Waals surface area (Å²) in [6.45, 7) is 1.51. The largest absolute Gasteiger partial charge is 0.435 e. The highest BCUT2D eigenvalue weighted by atomic mass is 19.3. The molecule has 7 heteroatoms. The third-order valence-electron chi connectivity index (χ3n) is 4.28. The van der Waals surface area contributed by atoms with Crippen LogP contribution in [0.3, 0.4) is 0 Å². The molecule has 1 N–H and O–H groups in total. The van der Waals surface area contributed by atoms with Crippen molar-refractivity contribution in [1.82, 2.24) is 9.80 Å². The van der Waals surface area contributed by atoms with E-state index in [1.165, 1.54) is 12.1 Å². The van der Waals surface area contributed by atoms with Crippen LogP contribution < -0.4 is 4.74 Å². The number of benzene rings is 1. The zero-order valence-electron chi connectivity index (χ0n) is 14.0.